The van der Waals surface area contributed by atoms with Crippen molar-refractivity contribution in [2.24, 2.45) is 0 Å². The number of amides is 1. The van der Waals surface area contributed by atoms with Crippen molar-refractivity contribution in [1.29, 1.82) is 0 Å². The summed E-state index contributed by atoms with van der Waals surface area (Å²) in [5.41, 5.74) is 1.92. The lowest BCUT2D eigenvalue weighted by Gasteiger charge is -2.07. The van der Waals surface area contributed by atoms with E-state index in [1.165, 1.54) is 0 Å². The molecular formula is C12H14BrNO. The molecule has 0 bridgehead atoms. The number of nitrogens with one attached hydrogen (secondary N) is 1. The molecule has 15 heavy (non-hydrogen) atoms. The molecule has 1 amide bonds. The lowest BCUT2D eigenvalue weighted by Crippen LogP contribution is -2.11. The highest BCUT2D eigenvalue weighted by atomic mass is 79.9. The van der Waals surface area contributed by atoms with Crippen molar-refractivity contribution in [2.75, 3.05) is 5.32 Å². The predicted molar refractivity (Wildman–Crippen MR) is 66.9 cm³/mol. The number of rotatable bonds is 4. The zero-order valence-corrected chi connectivity index (χ0v) is 10.3. The quantitative estimate of drug-likeness (QED) is 0.829. The minimum atomic E-state index is 0.0281. The summed E-state index contributed by atoms with van der Waals surface area (Å²) in [5, 5.41) is 2.86. The molecule has 1 aromatic carbocycles. The first-order chi connectivity index (χ1) is 7.13. The number of anilines is 1. The van der Waals surface area contributed by atoms with Gasteiger partial charge in [0, 0.05) is 16.6 Å². The Bertz CT molecular complexity index is 374. The molecule has 0 aromatic heterocycles. The molecule has 0 aliphatic carbocycles. The molecule has 0 aliphatic heterocycles. The first-order valence-corrected chi connectivity index (χ1v) is 5.59. The molecule has 0 fully saturated rings. The molecule has 80 valence electrons. The standard InChI is InChI=1S/C12H14BrNO/c1-3-4-5-12(15)14-11-7-6-10(13)8-9(11)2/h3,6-8H,1,4-5H2,2H3,(H,14,15). The molecular weight excluding hydrogens is 254 g/mol. The first kappa shape index (κ1) is 12.0. The fourth-order valence-electron chi connectivity index (χ4n) is 1.21. The fraction of sp³-hybridized carbons (Fsp3) is 0.250. The van der Waals surface area contributed by atoms with Gasteiger partial charge in [-0.3, -0.25) is 4.79 Å². The second-order valence-corrected chi connectivity index (χ2v) is 4.25. The van der Waals surface area contributed by atoms with Crippen LogP contribution in [0, 0.1) is 6.92 Å². The van der Waals surface area contributed by atoms with Crippen molar-refractivity contribution in [3.05, 3.63) is 40.9 Å². The summed E-state index contributed by atoms with van der Waals surface area (Å²) < 4.78 is 1.02. The average molecular weight is 268 g/mol. The van der Waals surface area contributed by atoms with Gasteiger partial charge in [0.15, 0.2) is 0 Å². The second kappa shape index (κ2) is 5.71. The predicted octanol–water partition coefficient (Wildman–Crippen LogP) is 3.66. The van der Waals surface area contributed by atoms with E-state index in [4.69, 9.17) is 0 Å². The van der Waals surface area contributed by atoms with Gasteiger partial charge in [-0.1, -0.05) is 22.0 Å². The van der Waals surface area contributed by atoms with Crippen molar-refractivity contribution >= 4 is 27.5 Å². The summed E-state index contributed by atoms with van der Waals surface area (Å²) in [6.45, 7) is 5.55. The zero-order valence-electron chi connectivity index (χ0n) is 8.72. The maximum atomic E-state index is 11.4. The number of hydrogen-bond acceptors (Lipinski definition) is 1. The van der Waals surface area contributed by atoms with E-state index in [2.05, 4.69) is 27.8 Å². The molecule has 0 radical (unpaired) electrons. The highest BCUT2D eigenvalue weighted by molar-refractivity contribution is 9.10. The molecule has 0 unspecified atom stereocenters. The molecule has 1 aromatic rings. The SMILES string of the molecule is C=CCCC(=O)Nc1ccc(Br)cc1C. The summed E-state index contributed by atoms with van der Waals surface area (Å²) in [4.78, 5) is 11.4. The van der Waals surface area contributed by atoms with Crippen molar-refractivity contribution in [2.45, 2.75) is 19.8 Å². The number of allylic oxidation sites excluding steroid dienone is 1. The van der Waals surface area contributed by atoms with Crippen LogP contribution in [0.15, 0.2) is 35.3 Å². The summed E-state index contributed by atoms with van der Waals surface area (Å²) in [6, 6.07) is 5.78. The summed E-state index contributed by atoms with van der Waals surface area (Å²) >= 11 is 3.38. The molecule has 0 aliphatic rings. The van der Waals surface area contributed by atoms with Crippen LogP contribution in [0.4, 0.5) is 5.69 Å². The Morgan fingerprint density at radius 2 is 2.33 bits per heavy atom. The molecule has 1 N–H and O–H groups in total. The van der Waals surface area contributed by atoms with E-state index in [9.17, 15) is 4.79 Å². The number of carbonyl (C=O) groups excluding carboxylic acids is 1. The monoisotopic (exact) mass is 267 g/mol. The Morgan fingerprint density at radius 1 is 1.60 bits per heavy atom. The van der Waals surface area contributed by atoms with E-state index in [-0.39, 0.29) is 5.91 Å². The third-order valence-corrected chi connectivity index (χ3v) is 2.53. The normalized spacial score (nSPS) is 9.73. The maximum Gasteiger partial charge on any atom is 0.224 e. The lowest BCUT2D eigenvalue weighted by atomic mass is 10.2. The fourth-order valence-corrected chi connectivity index (χ4v) is 1.69. The first-order valence-electron chi connectivity index (χ1n) is 4.80. The number of halogens is 1. The van der Waals surface area contributed by atoms with Crippen LogP contribution in [-0.4, -0.2) is 5.91 Å². The number of benzene rings is 1. The van der Waals surface area contributed by atoms with Crippen molar-refractivity contribution in [3.8, 4) is 0 Å². The smallest absolute Gasteiger partial charge is 0.224 e. The van der Waals surface area contributed by atoms with E-state index in [0.29, 0.717) is 12.8 Å². The summed E-state index contributed by atoms with van der Waals surface area (Å²) in [7, 11) is 0. The van der Waals surface area contributed by atoms with Gasteiger partial charge in [0.25, 0.3) is 0 Å². The maximum absolute atomic E-state index is 11.4. The molecule has 3 heteroatoms. The number of carbonyl (C=O) groups is 1. The molecule has 0 spiro atoms. The van der Waals surface area contributed by atoms with Gasteiger partial charge < -0.3 is 5.32 Å². The summed E-state index contributed by atoms with van der Waals surface area (Å²) in [5.74, 6) is 0.0281. The number of aryl methyl sites for hydroxylation is 1. The molecule has 1 rings (SSSR count). The van der Waals surface area contributed by atoms with E-state index in [1.807, 2.05) is 25.1 Å². The molecule has 0 heterocycles. The van der Waals surface area contributed by atoms with E-state index < -0.39 is 0 Å². The van der Waals surface area contributed by atoms with Gasteiger partial charge in [-0.15, -0.1) is 6.58 Å². The zero-order chi connectivity index (χ0) is 11.3. The Hall–Kier alpha value is -1.09. The number of hydrogen-bond donors (Lipinski definition) is 1. The molecule has 0 saturated carbocycles. The van der Waals surface area contributed by atoms with Crippen LogP contribution in [0.2, 0.25) is 0 Å². The van der Waals surface area contributed by atoms with Gasteiger partial charge in [0.2, 0.25) is 5.91 Å². The molecule has 0 saturated heterocycles. The minimum absolute atomic E-state index is 0.0281. The highest BCUT2D eigenvalue weighted by Gasteiger charge is 2.03. The Morgan fingerprint density at radius 3 is 2.93 bits per heavy atom. The van der Waals surface area contributed by atoms with Gasteiger partial charge in [-0.2, -0.15) is 0 Å². The van der Waals surface area contributed by atoms with Crippen LogP contribution in [-0.2, 0) is 4.79 Å². The van der Waals surface area contributed by atoms with Crippen molar-refractivity contribution in [1.82, 2.24) is 0 Å². The van der Waals surface area contributed by atoms with E-state index in [1.54, 1.807) is 6.08 Å². The van der Waals surface area contributed by atoms with Crippen LogP contribution < -0.4 is 5.32 Å². The Labute approximate surface area is 98.5 Å². The van der Waals surface area contributed by atoms with Crippen LogP contribution >= 0.6 is 15.9 Å². The third kappa shape index (κ3) is 3.88. The van der Waals surface area contributed by atoms with Gasteiger partial charge in [0.1, 0.15) is 0 Å². The van der Waals surface area contributed by atoms with Crippen LogP contribution in [0.5, 0.6) is 0 Å². The minimum Gasteiger partial charge on any atom is -0.326 e. The van der Waals surface area contributed by atoms with Crippen molar-refractivity contribution in [3.63, 3.8) is 0 Å². The van der Waals surface area contributed by atoms with Crippen LogP contribution in [0.3, 0.4) is 0 Å². The van der Waals surface area contributed by atoms with Gasteiger partial charge in [-0.25, -0.2) is 0 Å². The van der Waals surface area contributed by atoms with Crippen LogP contribution in [0.25, 0.3) is 0 Å². The van der Waals surface area contributed by atoms with Gasteiger partial charge >= 0.3 is 0 Å². The third-order valence-electron chi connectivity index (χ3n) is 2.04. The van der Waals surface area contributed by atoms with Gasteiger partial charge in [-0.05, 0) is 37.1 Å². The average Bonchev–Trinajstić information content (AvgIpc) is 2.19. The van der Waals surface area contributed by atoms with Crippen molar-refractivity contribution < 1.29 is 4.79 Å². The largest absolute Gasteiger partial charge is 0.326 e. The van der Waals surface area contributed by atoms with Crippen LogP contribution in [0.1, 0.15) is 18.4 Å². The molecule has 2 nitrogen and oxygen atoms in total. The van der Waals surface area contributed by atoms with E-state index >= 15 is 0 Å². The second-order valence-electron chi connectivity index (χ2n) is 3.33. The molecule has 0 atom stereocenters. The Balaban J connectivity index is 2.64. The van der Waals surface area contributed by atoms with E-state index in [0.717, 1.165) is 15.7 Å². The highest BCUT2D eigenvalue weighted by Crippen LogP contribution is 2.20. The van der Waals surface area contributed by atoms with Gasteiger partial charge in [0.05, 0.1) is 0 Å². The lowest BCUT2D eigenvalue weighted by molar-refractivity contribution is -0.116. The topological polar surface area (TPSA) is 29.1 Å². The Kier molecular flexibility index (Phi) is 4.56. The summed E-state index contributed by atoms with van der Waals surface area (Å²) in [6.07, 6.45) is 2.94.